The molecule has 8 heteroatoms. The summed E-state index contributed by atoms with van der Waals surface area (Å²) in [6, 6.07) is 13.1. The van der Waals surface area contributed by atoms with Crippen LogP contribution in [0.1, 0.15) is 12.0 Å². The van der Waals surface area contributed by atoms with Crippen molar-refractivity contribution in [2.24, 2.45) is 0 Å². The van der Waals surface area contributed by atoms with Gasteiger partial charge in [-0.1, -0.05) is 23.7 Å². The number of hydrogen-bond acceptors (Lipinski definition) is 6. The number of amides is 1. The summed E-state index contributed by atoms with van der Waals surface area (Å²) in [5, 5.41) is 12.6. The van der Waals surface area contributed by atoms with E-state index in [0.717, 1.165) is 38.3 Å². The maximum atomic E-state index is 12.6. The number of nitrogens with zero attached hydrogens (tertiary/aromatic N) is 3. The van der Waals surface area contributed by atoms with Gasteiger partial charge in [0.2, 0.25) is 5.91 Å². The smallest absolute Gasteiger partial charge is 0.238 e. The maximum Gasteiger partial charge on any atom is 0.238 e. The van der Waals surface area contributed by atoms with Gasteiger partial charge < -0.3 is 19.7 Å². The lowest BCUT2D eigenvalue weighted by molar-refractivity contribution is -0.117. The summed E-state index contributed by atoms with van der Waals surface area (Å²) in [6.45, 7) is 3.40. The zero-order valence-electron chi connectivity index (χ0n) is 17.2. The van der Waals surface area contributed by atoms with Crippen molar-refractivity contribution in [2.75, 3.05) is 57.2 Å². The van der Waals surface area contributed by atoms with Crippen LogP contribution in [0.4, 0.5) is 11.4 Å². The average Bonchev–Trinajstić information content (AvgIpc) is 2.99. The van der Waals surface area contributed by atoms with Crippen LogP contribution in [0.15, 0.2) is 36.4 Å². The minimum atomic E-state index is -0.139. The van der Waals surface area contributed by atoms with Gasteiger partial charge in [0.25, 0.3) is 0 Å². The molecule has 2 aromatic rings. The molecular formula is C22H25ClN4O3. The molecule has 1 aliphatic rings. The quantitative estimate of drug-likeness (QED) is 0.760. The second-order valence-electron chi connectivity index (χ2n) is 6.98. The molecule has 30 heavy (non-hydrogen) atoms. The third kappa shape index (κ3) is 5.15. The largest absolute Gasteiger partial charge is 0.495 e. The summed E-state index contributed by atoms with van der Waals surface area (Å²) in [6.07, 6.45) is 0.907. The Hall–Kier alpha value is -2.95. The van der Waals surface area contributed by atoms with Gasteiger partial charge in [-0.15, -0.1) is 0 Å². The molecule has 0 unspecified atom stereocenters. The van der Waals surface area contributed by atoms with Gasteiger partial charge in [0.15, 0.2) is 0 Å². The molecule has 158 valence electrons. The van der Waals surface area contributed by atoms with E-state index in [1.54, 1.807) is 12.1 Å². The fraction of sp³-hybridized carbons (Fsp3) is 0.364. The Kier molecular flexibility index (Phi) is 7.39. The van der Waals surface area contributed by atoms with Gasteiger partial charge in [0.05, 0.1) is 42.7 Å². The van der Waals surface area contributed by atoms with E-state index in [1.807, 2.05) is 24.3 Å². The highest BCUT2D eigenvalue weighted by molar-refractivity contribution is 6.32. The van der Waals surface area contributed by atoms with Crippen molar-refractivity contribution in [1.82, 2.24) is 4.90 Å². The predicted octanol–water partition coefficient (Wildman–Crippen LogP) is 3.38. The van der Waals surface area contributed by atoms with E-state index >= 15 is 0 Å². The zero-order chi connectivity index (χ0) is 21.5. The molecule has 0 aromatic heterocycles. The van der Waals surface area contributed by atoms with Crippen molar-refractivity contribution in [2.45, 2.75) is 6.42 Å². The first kappa shape index (κ1) is 21.8. The van der Waals surface area contributed by atoms with Gasteiger partial charge in [-0.05, 0) is 24.6 Å². The highest BCUT2D eigenvalue weighted by atomic mass is 35.5. The first-order chi connectivity index (χ1) is 14.5. The number of anilines is 2. The van der Waals surface area contributed by atoms with Crippen LogP contribution in [0.3, 0.4) is 0 Å². The van der Waals surface area contributed by atoms with E-state index in [0.29, 0.717) is 27.8 Å². The molecule has 1 aliphatic heterocycles. The minimum absolute atomic E-state index is 0.139. The lowest BCUT2D eigenvalue weighted by Crippen LogP contribution is -2.36. The number of nitrogens with one attached hydrogen (secondary N) is 1. The third-order valence-electron chi connectivity index (χ3n) is 5.07. The number of carbonyl (C=O) groups is 1. The standard InChI is InChI=1S/C22H25ClN4O3/c1-29-20-13-21(30-2)18(12-17(20)23)25-22(28)15-26-8-5-9-27(11-10-26)19-7-4-3-6-16(19)14-24/h3-4,6-7,12-13H,5,8-11,15H2,1-2H3,(H,25,28). The van der Waals surface area contributed by atoms with Crippen LogP contribution in [-0.4, -0.2) is 57.8 Å². The SMILES string of the molecule is COc1cc(OC)c(NC(=O)CN2CCCN(c3ccccc3C#N)CC2)cc1Cl. The molecule has 0 atom stereocenters. The van der Waals surface area contributed by atoms with Crippen molar-refractivity contribution < 1.29 is 14.3 Å². The van der Waals surface area contributed by atoms with Gasteiger partial charge in [0.1, 0.15) is 17.6 Å². The molecule has 7 nitrogen and oxygen atoms in total. The molecule has 0 aliphatic carbocycles. The number of para-hydroxylation sites is 1. The number of benzene rings is 2. The molecular weight excluding hydrogens is 404 g/mol. The predicted molar refractivity (Wildman–Crippen MR) is 118 cm³/mol. The summed E-state index contributed by atoms with van der Waals surface area (Å²) in [4.78, 5) is 17.0. The van der Waals surface area contributed by atoms with Crippen molar-refractivity contribution >= 4 is 28.9 Å². The molecule has 0 bridgehead atoms. The zero-order valence-corrected chi connectivity index (χ0v) is 17.9. The Balaban J connectivity index is 1.62. The highest BCUT2D eigenvalue weighted by Gasteiger charge is 2.20. The van der Waals surface area contributed by atoms with Gasteiger partial charge >= 0.3 is 0 Å². The van der Waals surface area contributed by atoms with Crippen molar-refractivity contribution in [1.29, 1.82) is 5.26 Å². The maximum absolute atomic E-state index is 12.6. The van der Waals surface area contributed by atoms with E-state index in [2.05, 4.69) is 21.2 Å². The molecule has 0 radical (unpaired) electrons. The molecule has 1 heterocycles. The highest BCUT2D eigenvalue weighted by Crippen LogP contribution is 2.35. The topological polar surface area (TPSA) is 77.8 Å². The molecule has 3 rings (SSSR count). The number of carbonyl (C=O) groups excluding carboxylic acids is 1. The van der Waals surface area contributed by atoms with Crippen LogP contribution in [-0.2, 0) is 4.79 Å². The molecule has 0 saturated carbocycles. The molecule has 1 N–H and O–H groups in total. The van der Waals surface area contributed by atoms with Crippen LogP contribution in [0.2, 0.25) is 5.02 Å². The first-order valence-electron chi connectivity index (χ1n) is 9.73. The van der Waals surface area contributed by atoms with Gasteiger partial charge in [-0.25, -0.2) is 0 Å². The molecule has 1 fully saturated rings. The summed E-state index contributed by atoms with van der Waals surface area (Å²) < 4.78 is 10.5. The Labute approximate surface area is 181 Å². The van der Waals surface area contributed by atoms with Crippen molar-refractivity contribution in [3.63, 3.8) is 0 Å². The lowest BCUT2D eigenvalue weighted by atomic mass is 10.1. The summed E-state index contributed by atoms with van der Waals surface area (Å²) in [5.74, 6) is 0.830. The van der Waals surface area contributed by atoms with Crippen molar-refractivity contribution in [3.05, 3.63) is 47.0 Å². The number of nitriles is 1. The third-order valence-corrected chi connectivity index (χ3v) is 5.36. The number of methoxy groups -OCH3 is 2. The normalized spacial score (nSPS) is 14.5. The fourth-order valence-corrected chi connectivity index (χ4v) is 3.81. The Morgan fingerprint density at radius 2 is 1.90 bits per heavy atom. The summed E-state index contributed by atoms with van der Waals surface area (Å²) >= 11 is 6.18. The minimum Gasteiger partial charge on any atom is -0.495 e. The first-order valence-corrected chi connectivity index (χ1v) is 10.1. The lowest BCUT2D eigenvalue weighted by Gasteiger charge is -2.24. The van der Waals surface area contributed by atoms with Crippen LogP contribution in [0.25, 0.3) is 0 Å². The monoisotopic (exact) mass is 428 g/mol. The van der Waals surface area contributed by atoms with Crippen LogP contribution < -0.4 is 19.7 Å². The molecule has 0 spiro atoms. The second-order valence-corrected chi connectivity index (χ2v) is 7.39. The Morgan fingerprint density at radius 3 is 2.63 bits per heavy atom. The van der Waals surface area contributed by atoms with E-state index < -0.39 is 0 Å². The van der Waals surface area contributed by atoms with Crippen molar-refractivity contribution in [3.8, 4) is 17.6 Å². The Morgan fingerprint density at radius 1 is 1.13 bits per heavy atom. The fourth-order valence-electron chi connectivity index (χ4n) is 3.56. The van der Waals surface area contributed by atoms with E-state index in [-0.39, 0.29) is 12.5 Å². The summed E-state index contributed by atoms with van der Waals surface area (Å²) in [7, 11) is 3.05. The van der Waals surface area contributed by atoms with Gasteiger partial charge in [-0.2, -0.15) is 5.26 Å². The van der Waals surface area contributed by atoms with Crippen LogP contribution >= 0.6 is 11.6 Å². The number of ether oxygens (including phenoxy) is 2. The van der Waals surface area contributed by atoms with Gasteiger partial charge in [-0.3, -0.25) is 9.69 Å². The van der Waals surface area contributed by atoms with E-state index in [9.17, 15) is 10.1 Å². The van der Waals surface area contributed by atoms with Gasteiger partial charge in [0, 0.05) is 32.2 Å². The number of rotatable bonds is 6. The number of hydrogen-bond donors (Lipinski definition) is 1. The second kappa shape index (κ2) is 10.2. The molecule has 1 saturated heterocycles. The van der Waals surface area contributed by atoms with E-state index in [1.165, 1.54) is 14.2 Å². The van der Waals surface area contributed by atoms with Crippen LogP contribution in [0.5, 0.6) is 11.5 Å². The number of halogens is 1. The summed E-state index contributed by atoms with van der Waals surface area (Å²) in [5.41, 5.74) is 2.13. The van der Waals surface area contributed by atoms with E-state index in [4.69, 9.17) is 21.1 Å². The molecule has 2 aromatic carbocycles. The Bertz CT molecular complexity index is 944. The van der Waals surface area contributed by atoms with Crippen LogP contribution in [0, 0.1) is 11.3 Å². The average molecular weight is 429 g/mol. The molecule has 1 amide bonds.